The minimum Gasteiger partial charge on any atom is -0.337 e. The van der Waals surface area contributed by atoms with Crippen LogP contribution >= 0.6 is 11.6 Å². The lowest BCUT2D eigenvalue weighted by Gasteiger charge is -2.40. The molecule has 1 aliphatic rings. The highest BCUT2D eigenvalue weighted by Crippen LogP contribution is 2.31. The van der Waals surface area contributed by atoms with Crippen molar-refractivity contribution in [3.8, 4) is 0 Å². The number of likely N-dealkylation sites (N-methyl/N-ethyl adjacent to an activating group) is 1. The molecule has 0 aromatic heterocycles. The Kier molecular flexibility index (Phi) is 5.28. The van der Waals surface area contributed by atoms with Gasteiger partial charge >= 0.3 is 0 Å². The van der Waals surface area contributed by atoms with Gasteiger partial charge in [0.1, 0.15) is 0 Å². The van der Waals surface area contributed by atoms with Gasteiger partial charge < -0.3 is 10.2 Å². The van der Waals surface area contributed by atoms with Crippen molar-refractivity contribution in [3.63, 3.8) is 0 Å². The van der Waals surface area contributed by atoms with E-state index in [0.717, 1.165) is 24.9 Å². The monoisotopic (exact) mass is 308 g/mol. The van der Waals surface area contributed by atoms with E-state index in [-0.39, 0.29) is 17.4 Å². The lowest BCUT2D eigenvalue weighted by atomic mass is 9.77. The molecule has 1 N–H and O–H groups in total. The molecular weight excluding hydrogens is 284 g/mol. The summed E-state index contributed by atoms with van der Waals surface area (Å²) >= 11 is 6.03. The summed E-state index contributed by atoms with van der Waals surface area (Å²) in [5, 5.41) is 4.12. The van der Waals surface area contributed by atoms with E-state index in [9.17, 15) is 4.79 Å². The third-order valence-corrected chi connectivity index (χ3v) is 4.57. The van der Waals surface area contributed by atoms with E-state index >= 15 is 0 Å². The zero-order chi connectivity index (χ0) is 15.5. The van der Waals surface area contributed by atoms with Crippen molar-refractivity contribution in [1.82, 2.24) is 10.2 Å². The molecule has 2 rings (SSSR count). The Bertz CT molecular complexity index is 501. The SMILES string of the molecule is CCN(Cc1cccc(Cl)c1)C(=O)C1NCCCC1(C)C. The highest BCUT2D eigenvalue weighted by atomic mass is 35.5. The molecule has 21 heavy (non-hydrogen) atoms. The average Bonchev–Trinajstić information content (AvgIpc) is 2.43. The normalized spacial score (nSPS) is 21.0. The van der Waals surface area contributed by atoms with Crippen LogP contribution in [0.4, 0.5) is 0 Å². The van der Waals surface area contributed by atoms with Crippen LogP contribution in [0.15, 0.2) is 24.3 Å². The highest BCUT2D eigenvalue weighted by molar-refractivity contribution is 6.30. The zero-order valence-electron chi connectivity index (χ0n) is 13.2. The van der Waals surface area contributed by atoms with Crippen LogP contribution in [0, 0.1) is 5.41 Å². The van der Waals surface area contributed by atoms with Crippen LogP contribution in [0.5, 0.6) is 0 Å². The minimum absolute atomic E-state index is 0.0110. The molecule has 1 fully saturated rings. The number of benzene rings is 1. The first-order chi connectivity index (χ1) is 9.94. The number of hydrogen-bond donors (Lipinski definition) is 1. The third-order valence-electron chi connectivity index (χ3n) is 4.33. The first-order valence-corrected chi connectivity index (χ1v) is 8.08. The number of halogens is 1. The molecule has 1 saturated heterocycles. The number of rotatable bonds is 4. The van der Waals surface area contributed by atoms with Crippen molar-refractivity contribution >= 4 is 17.5 Å². The maximum absolute atomic E-state index is 12.9. The molecule has 0 bridgehead atoms. The van der Waals surface area contributed by atoms with Crippen molar-refractivity contribution in [2.45, 2.75) is 46.2 Å². The number of carbonyl (C=O) groups excluding carboxylic acids is 1. The molecule has 0 spiro atoms. The van der Waals surface area contributed by atoms with Crippen LogP contribution in [-0.2, 0) is 11.3 Å². The fourth-order valence-corrected chi connectivity index (χ4v) is 3.23. The van der Waals surface area contributed by atoms with Gasteiger partial charge in [0, 0.05) is 18.1 Å². The van der Waals surface area contributed by atoms with Crippen molar-refractivity contribution < 1.29 is 4.79 Å². The molecule has 1 atom stereocenters. The molecule has 1 unspecified atom stereocenters. The first kappa shape index (κ1) is 16.3. The molecule has 0 radical (unpaired) electrons. The van der Waals surface area contributed by atoms with Crippen LogP contribution < -0.4 is 5.32 Å². The summed E-state index contributed by atoms with van der Waals surface area (Å²) in [6.07, 6.45) is 2.22. The lowest BCUT2D eigenvalue weighted by Crippen LogP contribution is -2.56. The van der Waals surface area contributed by atoms with Gasteiger partial charge in [-0.05, 0) is 49.4 Å². The summed E-state index contributed by atoms with van der Waals surface area (Å²) in [6.45, 7) is 8.63. The molecule has 116 valence electrons. The Morgan fingerprint density at radius 1 is 1.48 bits per heavy atom. The van der Waals surface area contributed by atoms with Gasteiger partial charge in [0.25, 0.3) is 0 Å². The van der Waals surface area contributed by atoms with E-state index in [1.807, 2.05) is 36.1 Å². The Balaban J connectivity index is 2.11. The molecule has 1 amide bonds. The van der Waals surface area contributed by atoms with Gasteiger partial charge in [-0.2, -0.15) is 0 Å². The zero-order valence-corrected chi connectivity index (χ0v) is 13.9. The Hall–Kier alpha value is -1.06. The maximum Gasteiger partial charge on any atom is 0.240 e. The summed E-state index contributed by atoms with van der Waals surface area (Å²) in [6, 6.07) is 7.64. The Morgan fingerprint density at radius 3 is 2.86 bits per heavy atom. The maximum atomic E-state index is 12.9. The number of carbonyl (C=O) groups is 1. The third kappa shape index (κ3) is 3.98. The Morgan fingerprint density at radius 2 is 2.24 bits per heavy atom. The quantitative estimate of drug-likeness (QED) is 0.924. The molecule has 1 aromatic rings. The van der Waals surface area contributed by atoms with E-state index in [1.54, 1.807) is 0 Å². The van der Waals surface area contributed by atoms with Crippen LogP contribution in [0.2, 0.25) is 5.02 Å². The summed E-state index contributed by atoms with van der Waals surface area (Å²) in [5.74, 6) is 0.196. The van der Waals surface area contributed by atoms with Crippen LogP contribution in [-0.4, -0.2) is 29.9 Å². The summed E-state index contributed by atoms with van der Waals surface area (Å²) in [7, 11) is 0. The predicted molar refractivity (Wildman–Crippen MR) is 87.3 cm³/mol. The highest BCUT2D eigenvalue weighted by Gasteiger charge is 2.38. The summed E-state index contributed by atoms with van der Waals surface area (Å²) in [5.41, 5.74) is 1.09. The lowest BCUT2D eigenvalue weighted by molar-refractivity contribution is -0.137. The van der Waals surface area contributed by atoms with Gasteiger partial charge in [-0.25, -0.2) is 0 Å². The molecule has 1 aromatic carbocycles. The van der Waals surface area contributed by atoms with E-state index in [4.69, 9.17) is 11.6 Å². The van der Waals surface area contributed by atoms with Crippen molar-refractivity contribution in [1.29, 1.82) is 0 Å². The van der Waals surface area contributed by atoms with Crippen molar-refractivity contribution in [3.05, 3.63) is 34.9 Å². The molecule has 4 heteroatoms. The first-order valence-electron chi connectivity index (χ1n) is 7.70. The van der Waals surface area contributed by atoms with Crippen molar-refractivity contribution in [2.24, 2.45) is 5.41 Å². The molecular formula is C17H25ClN2O. The molecule has 1 aliphatic heterocycles. The van der Waals surface area contributed by atoms with Crippen LogP contribution in [0.1, 0.15) is 39.2 Å². The second-order valence-electron chi connectivity index (χ2n) is 6.46. The van der Waals surface area contributed by atoms with Gasteiger partial charge in [-0.15, -0.1) is 0 Å². The molecule has 3 nitrogen and oxygen atoms in total. The van der Waals surface area contributed by atoms with Gasteiger partial charge in [0.15, 0.2) is 0 Å². The Labute approximate surface area is 132 Å². The van der Waals surface area contributed by atoms with Gasteiger partial charge in [-0.1, -0.05) is 37.6 Å². The molecule has 1 heterocycles. The van der Waals surface area contributed by atoms with E-state index in [1.165, 1.54) is 0 Å². The average molecular weight is 309 g/mol. The smallest absolute Gasteiger partial charge is 0.240 e. The fourth-order valence-electron chi connectivity index (χ4n) is 3.02. The number of nitrogens with one attached hydrogen (secondary N) is 1. The van der Waals surface area contributed by atoms with E-state index in [0.29, 0.717) is 18.1 Å². The number of hydrogen-bond acceptors (Lipinski definition) is 2. The minimum atomic E-state index is -0.0922. The largest absolute Gasteiger partial charge is 0.337 e. The van der Waals surface area contributed by atoms with Crippen LogP contribution in [0.3, 0.4) is 0 Å². The topological polar surface area (TPSA) is 32.3 Å². The number of nitrogens with zero attached hydrogens (tertiary/aromatic N) is 1. The van der Waals surface area contributed by atoms with E-state index < -0.39 is 0 Å². The molecule has 0 aliphatic carbocycles. The van der Waals surface area contributed by atoms with Gasteiger partial charge in [0.2, 0.25) is 5.91 Å². The van der Waals surface area contributed by atoms with Gasteiger partial charge in [-0.3, -0.25) is 4.79 Å². The summed E-state index contributed by atoms with van der Waals surface area (Å²) < 4.78 is 0. The fraction of sp³-hybridized carbons (Fsp3) is 0.588. The number of amides is 1. The second-order valence-corrected chi connectivity index (χ2v) is 6.90. The standard InChI is InChI=1S/C17H25ClN2O/c1-4-20(12-13-7-5-8-14(18)11-13)16(21)15-17(2,3)9-6-10-19-15/h5,7-8,11,15,19H,4,6,9-10,12H2,1-3H3. The molecule has 0 saturated carbocycles. The van der Waals surface area contributed by atoms with Gasteiger partial charge in [0.05, 0.1) is 6.04 Å². The second kappa shape index (κ2) is 6.80. The van der Waals surface area contributed by atoms with Crippen LogP contribution in [0.25, 0.3) is 0 Å². The number of piperidine rings is 1. The predicted octanol–water partition coefficient (Wildman–Crippen LogP) is 3.47. The summed E-state index contributed by atoms with van der Waals surface area (Å²) in [4.78, 5) is 14.8. The van der Waals surface area contributed by atoms with E-state index in [2.05, 4.69) is 19.2 Å². The van der Waals surface area contributed by atoms with Crippen molar-refractivity contribution in [2.75, 3.05) is 13.1 Å².